The monoisotopic (exact) mass is 249 g/mol. The molecule has 0 fully saturated rings. The highest BCUT2D eigenvalue weighted by Gasteiger charge is 2.09. The minimum atomic E-state index is -0.299. The zero-order valence-corrected chi connectivity index (χ0v) is 10.4. The normalized spacial score (nSPS) is 10.3. The molecule has 1 aromatic heterocycles. The minimum absolute atomic E-state index is 0.155. The first-order valence-electron chi connectivity index (χ1n) is 5.20. The Labute approximate surface area is 103 Å². The zero-order valence-electron chi connectivity index (χ0n) is 9.58. The molecule has 2 aromatic rings. The molecule has 0 saturated carbocycles. The second-order valence-electron chi connectivity index (χ2n) is 3.82. The largest absolute Gasteiger partial charge is 0.321 e. The van der Waals surface area contributed by atoms with E-state index >= 15 is 0 Å². The molecular formula is C13H12FNOS. The Kier molecular flexibility index (Phi) is 3.24. The van der Waals surface area contributed by atoms with Crippen molar-refractivity contribution in [2.75, 3.05) is 5.32 Å². The van der Waals surface area contributed by atoms with Crippen molar-refractivity contribution in [3.63, 3.8) is 0 Å². The molecule has 0 bridgehead atoms. The van der Waals surface area contributed by atoms with Crippen LogP contribution >= 0.6 is 11.3 Å². The maximum Gasteiger partial charge on any atom is 0.265 e. The van der Waals surface area contributed by atoms with Gasteiger partial charge in [0.05, 0.1) is 4.88 Å². The van der Waals surface area contributed by atoms with Crippen molar-refractivity contribution in [2.45, 2.75) is 13.8 Å². The van der Waals surface area contributed by atoms with E-state index in [1.807, 2.05) is 13.0 Å². The Morgan fingerprint density at radius 2 is 2.00 bits per heavy atom. The summed E-state index contributed by atoms with van der Waals surface area (Å²) in [7, 11) is 0. The molecule has 1 N–H and O–H groups in total. The van der Waals surface area contributed by atoms with E-state index < -0.39 is 0 Å². The predicted molar refractivity (Wildman–Crippen MR) is 68.1 cm³/mol. The van der Waals surface area contributed by atoms with Crippen molar-refractivity contribution in [3.8, 4) is 0 Å². The molecule has 4 heteroatoms. The van der Waals surface area contributed by atoms with Gasteiger partial charge >= 0.3 is 0 Å². The zero-order chi connectivity index (χ0) is 12.4. The summed E-state index contributed by atoms with van der Waals surface area (Å²) in [5.41, 5.74) is 1.36. The fourth-order valence-corrected chi connectivity index (χ4v) is 2.27. The third kappa shape index (κ3) is 2.71. The summed E-state index contributed by atoms with van der Waals surface area (Å²) in [6.45, 7) is 3.71. The fourth-order valence-electron chi connectivity index (χ4n) is 1.51. The first-order chi connectivity index (χ1) is 8.06. The number of carbonyl (C=O) groups is 1. The molecule has 2 rings (SSSR count). The van der Waals surface area contributed by atoms with E-state index in [9.17, 15) is 9.18 Å². The summed E-state index contributed by atoms with van der Waals surface area (Å²) in [6.07, 6.45) is 0. The highest BCUT2D eigenvalue weighted by Crippen LogP contribution is 2.20. The Balaban J connectivity index is 2.18. The lowest BCUT2D eigenvalue weighted by Gasteiger charge is -2.06. The molecule has 0 unspecified atom stereocenters. The molecule has 1 amide bonds. The van der Waals surface area contributed by atoms with Crippen LogP contribution in [0.5, 0.6) is 0 Å². The number of carbonyl (C=O) groups excluding carboxylic acids is 1. The number of hydrogen-bond donors (Lipinski definition) is 1. The van der Waals surface area contributed by atoms with Crippen molar-refractivity contribution in [1.82, 2.24) is 0 Å². The van der Waals surface area contributed by atoms with Gasteiger partial charge in [0.2, 0.25) is 0 Å². The molecule has 0 spiro atoms. The molecule has 0 aliphatic carbocycles. The Morgan fingerprint density at radius 3 is 2.59 bits per heavy atom. The smallest absolute Gasteiger partial charge is 0.265 e. The lowest BCUT2D eigenvalue weighted by Crippen LogP contribution is -2.11. The van der Waals surface area contributed by atoms with Gasteiger partial charge in [-0.2, -0.15) is 0 Å². The number of aryl methyl sites for hydroxylation is 2. The van der Waals surface area contributed by atoms with Crippen LogP contribution in [-0.2, 0) is 0 Å². The minimum Gasteiger partial charge on any atom is -0.321 e. The Hall–Kier alpha value is -1.68. The number of halogens is 1. The Bertz CT molecular complexity index is 562. The van der Waals surface area contributed by atoms with E-state index in [1.165, 1.54) is 23.5 Å². The van der Waals surface area contributed by atoms with Gasteiger partial charge in [-0.25, -0.2) is 4.39 Å². The van der Waals surface area contributed by atoms with Gasteiger partial charge in [-0.15, -0.1) is 11.3 Å². The van der Waals surface area contributed by atoms with Crippen molar-refractivity contribution in [3.05, 3.63) is 51.5 Å². The van der Waals surface area contributed by atoms with Crippen LogP contribution < -0.4 is 5.32 Å². The van der Waals surface area contributed by atoms with Crippen molar-refractivity contribution >= 4 is 22.9 Å². The summed E-state index contributed by atoms with van der Waals surface area (Å²) in [4.78, 5) is 13.6. The second kappa shape index (κ2) is 4.67. The van der Waals surface area contributed by atoms with E-state index in [-0.39, 0.29) is 11.7 Å². The lowest BCUT2D eigenvalue weighted by atomic mass is 10.2. The topological polar surface area (TPSA) is 29.1 Å². The van der Waals surface area contributed by atoms with Crippen molar-refractivity contribution in [2.24, 2.45) is 0 Å². The summed E-state index contributed by atoms with van der Waals surface area (Å²) in [5.74, 6) is -0.453. The van der Waals surface area contributed by atoms with E-state index in [0.717, 1.165) is 4.88 Å². The molecule has 1 aromatic carbocycles. The number of amides is 1. The average molecular weight is 249 g/mol. The summed E-state index contributed by atoms with van der Waals surface area (Å²) in [5, 5.41) is 2.77. The van der Waals surface area contributed by atoms with E-state index in [0.29, 0.717) is 16.1 Å². The number of thiophene rings is 1. The maximum atomic E-state index is 12.9. The van der Waals surface area contributed by atoms with Crippen LogP contribution in [0.4, 0.5) is 10.1 Å². The highest BCUT2D eigenvalue weighted by molar-refractivity contribution is 7.14. The predicted octanol–water partition coefficient (Wildman–Crippen LogP) is 3.76. The molecule has 0 atom stereocenters. The van der Waals surface area contributed by atoms with E-state index in [2.05, 4.69) is 5.32 Å². The Morgan fingerprint density at radius 1 is 1.24 bits per heavy atom. The van der Waals surface area contributed by atoms with Gasteiger partial charge in [0.15, 0.2) is 0 Å². The van der Waals surface area contributed by atoms with Gasteiger partial charge in [-0.1, -0.05) is 0 Å². The fraction of sp³-hybridized carbons (Fsp3) is 0.154. The van der Waals surface area contributed by atoms with Crippen LogP contribution in [0.1, 0.15) is 20.1 Å². The molecule has 0 aliphatic rings. The van der Waals surface area contributed by atoms with E-state index in [1.54, 1.807) is 19.1 Å². The summed E-state index contributed by atoms with van der Waals surface area (Å²) < 4.78 is 12.9. The van der Waals surface area contributed by atoms with Gasteiger partial charge in [0, 0.05) is 10.6 Å². The van der Waals surface area contributed by atoms with Gasteiger partial charge in [-0.3, -0.25) is 4.79 Å². The molecule has 0 radical (unpaired) electrons. The molecule has 2 nitrogen and oxygen atoms in total. The standard InChI is InChI=1S/C13H12FNOS/c1-8-7-10(14)4-5-11(8)15-13(16)12-6-3-9(2)17-12/h3-7H,1-2H3,(H,15,16). The third-order valence-electron chi connectivity index (χ3n) is 2.40. The second-order valence-corrected chi connectivity index (χ2v) is 5.11. The first kappa shape index (κ1) is 11.8. The van der Waals surface area contributed by atoms with Crippen LogP contribution in [0.3, 0.4) is 0 Å². The van der Waals surface area contributed by atoms with Crippen LogP contribution in [0.15, 0.2) is 30.3 Å². The number of anilines is 1. The third-order valence-corrected chi connectivity index (χ3v) is 3.40. The average Bonchev–Trinajstić information content (AvgIpc) is 2.69. The quantitative estimate of drug-likeness (QED) is 0.862. The molecular weight excluding hydrogens is 237 g/mol. The SMILES string of the molecule is Cc1ccc(C(=O)Nc2ccc(F)cc2C)s1. The van der Waals surface area contributed by atoms with E-state index in [4.69, 9.17) is 0 Å². The van der Waals surface area contributed by atoms with Gasteiger partial charge < -0.3 is 5.32 Å². The molecule has 0 saturated heterocycles. The first-order valence-corrected chi connectivity index (χ1v) is 6.02. The van der Waals surface area contributed by atoms with Gasteiger partial charge in [0.25, 0.3) is 5.91 Å². The van der Waals surface area contributed by atoms with Crippen molar-refractivity contribution in [1.29, 1.82) is 0 Å². The number of nitrogens with one attached hydrogen (secondary N) is 1. The maximum absolute atomic E-state index is 12.9. The molecule has 0 aliphatic heterocycles. The van der Waals surface area contributed by atoms with Gasteiger partial charge in [-0.05, 0) is 49.7 Å². The van der Waals surface area contributed by atoms with Crippen LogP contribution in [-0.4, -0.2) is 5.91 Å². The number of hydrogen-bond acceptors (Lipinski definition) is 2. The molecule has 88 valence electrons. The summed E-state index contributed by atoms with van der Waals surface area (Å²) in [6, 6.07) is 7.99. The molecule has 1 heterocycles. The van der Waals surface area contributed by atoms with Crippen LogP contribution in [0, 0.1) is 19.7 Å². The number of benzene rings is 1. The molecule has 17 heavy (non-hydrogen) atoms. The van der Waals surface area contributed by atoms with Crippen LogP contribution in [0.2, 0.25) is 0 Å². The summed E-state index contributed by atoms with van der Waals surface area (Å²) >= 11 is 1.44. The lowest BCUT2D eigenvalue weighted by molar-refractivity contribution is 0.103. The van der Waals surface area contributed by atoms with Crippen LogP contribution in [0.25, 0.3) is 0 Å². The highest BCUT2D eigenvalue weighted by atomic mass is 32.1. The van der Waals surface area contributed by atoms with Crippen molar-refractivity contribution < 1.29 is 9.18 Å². The number of rotatable bonds is 2. The van der Waals surface area contributed by atoms with Gasteiger partial charge in [0.1, 0.15) is 5.82 Å².